The van der Waals surface area contributed by atoms with Gasteiger partial charge in [-0.2, -0.15) is 26.3 Å². The zero-order valence-corrected chi connectivity index (χ0v) is 34.6. The molecule has 1 N–H and O–H groups in total. The molecule has 0 bridgehead atoms. The molecule has 6 rings (SSSR count). The Bertz CT molecular complexity index is 2010. The number of likely N-dealkylation sites (tertiary alicyclic amines) is 1. The van der Waals surface area contributed by atoms with Gasteiger partial charge in [0.25, 0.3) is 5.91 Å². The molecule has 3 amide bonds. The second kappa shape index (κ2) is 18.5. The van der Waals surface area contributed by atoms with Crippen LogP contribution in [0.1, 0.15) is 63.9 Å². The Kier molecular flexibility index (Phi) is 14.0. The molecule has 10 nitrogen and oxygen atoms in total. The molecule has 0 radical (unpaired) electrons. The number of hydrogen-bond acceptors (Lipinski definition) is 7. The molecule has 0 unspecified atom stereocenters. The Morgan fingerprint density at radius 2 is 1.62 bits per heavy atom. The highest BCUT2D eigenvalue weighted by Crippen LogP contribution is 2.48. The van der Waals surface area contributed by atoms with Gasteiger partial charge in [-0.25, -0.2) is 4.79 Å². The fourth-order valence-corrected chi connectivity index (χ4v) is 8.79. The number of morpholine rings is 1. The smallest absolute Gasteiger partial charge is 0.416 e. The molecule has 3 aliphatic rings. The first kappa shape index (κ1) is 45.4. The number of carbonyl (C=O) groups excluding carboxylic acids is 3. The topological polar surface area (TPSA) is 101 Å². The van der Waals surface area contributed by atoms with Crippen LogP contribution in [0.3, 0.4) is 0 Å². The van der Waals surface area contributed by atoms with Crippen LogP contribution in [0.5, 0.6) is 0 Å². The van der Waals surface area contributed by atoms with Crippen LogP contribution in [0, 0.1) is 0 Å². The molecule has 2 fully saturated rings. The molecule has 326 valence electrons. The standard InChI is InChI=1S/C42H46Cl2F6N4O6/c1-51-38(57)58-18-5-13-52(2)36(55)25-59-35-22-27-6-3-4-7-32(27)39(35)10-14-53(15-11-39)16-12-40(29-8-9-33(43)34(44)24-29)26-54(17-19-60-40)37(56)28-20-30(41(45,46)47)23-31(21-28)42(48,49)50/h3-4,6-9,20-21,23-24,35H,5,10-19,22,25-26H2,1-2H3,(H,51,57)/t35-,40-/m0/s1. The van der Waals surface area contributed by atoms with Gasteiger partial charge in [0.2, 0.25) is 5.91 Å². The van der Waals surface area contributed by atoms with Crippen LogP contribution in [0.15, 0.2) is 60.7 Å². The van der Waals surface area contributed by atoms with Crippen molar-refractivity contribution in [3.8, 4) is 0 Å². The summed E-state index contributed by atoms with van der Waals surface area (Å²) in [6, 6.07) is 13.9. The lowest BCUT2D eigenvalue weighted by Crippen LogP contribution is -2.54. The Morgan fingerprint density at radius 1 is 0.933 bits per heavy atom. The summed E-state index contributed by atoms with van der Waals surface area (Å²) in [6.07, 6.45) is -8.22. The van der Waals surface area contributed by atoms with Crippen molar-refractivity contribution in [1.29, 1.82) is 0 Å². The van der Waals surface area contributed by atoms with Crippen LogP contribution in [0.2, 0.25) is 10.0 Å². The number of likely N-dealkylation sites (N-methyl/N-ethyl adjacent to an activating group) is 1. The summed E-state index contributed by atoms with van der Waals surface area (Å²) in [5.74, 6) is -1.19. The number of nitrogens with one attached hydrogen (secondary N) is 1. The van der Waals surface area contributed by atoms with Crippen molar-refractivity contribution in [2.45, 2.75) is 61.6 Å². The van der Waals surface area contributed by atoms with Gasteiger partial charge in [0.05, 0.1) is 47.0 Å². The van der Waals surface area contributed by atoms with E-state index in [1.165, 1.54) is 17.5 Å². The number of amides is 3. The average Bonchev–Trinajstić information content (AvgIpc) is 3.52. The third-order valence-corrected chi connectivity index (χ3v) is 12.6. The van der Waals surface area contributed by atoms with E-state index >= 15 is 0 Å². The van der Waals surface area contributed by atoms with E-state index in [-0.39, 0.29) is 66.4 Å². The van der Waals surface area contributed by atoms with E-state index in [0.29, 0.717) is 76.0 Å². The first-order chi connectivity index (χ1) is 28.3. The molecule has 1 aliphatic carbocycles. The summed E-state index contributed by atoms with van der Waals surface area (Å²) < 4.78 is 100. The van der Waals surface area contributed by atoms with E-state index in [1.807, 2.05) is 12.1 Å². The molecule has 60 heavy (non-hydrogen) atoms. The van der Waals surface area contributed by atoms with Crippen LogP contribution >= 0.6 is 23.2 Å². The van der Waals surface area contributed by atoms with Gasteiger partial charge in [-0.15, -0.1) is 0 Å². The molecule has 2 aliphatic heterocycles. The maximum absolute atomic E-state index is 13.8. The molecule has 2 atom stereocenters. The lowest BCUT2D eigenvalue weighted by molar-refractivity contribution is -0.143. The van der Waals surface area contributed by atoms with Crippen LogP contribution in [-0.2, 0) is 48.8 Å². The summed E-state index contributed by atoms with van der Waals surface area (Å²) in [4.78, 5) is 43.3. The van der Waals surface area contributed by atoms with Gasteiger partial charge < -0.3 is 34.2 Å². The molecule has 3 aromatic carbocycles. The van der Waals surface area contributed by atoms with Crippen molar-refractivity contribution in [3.05, 3.63) is 104 Å². The minimum Gasteiger partial charge on any atom is -0.449 e. The fraction of sp³-hybridized carbons (Fsp3) is 0.500. The number of carbonyl (C=O) groups is 3. The fourth-order valence-electron chi connectivity index (χ4n) is 8.49. The second-order valence-electron chi connectivity index (χ2n) is 15.5. The lowest BCUT2D eigenvalue weighted by Gasteiger charge is -2.46. The average molecular weight is 888 g/mol. The largest absolute Gasteiger partial charge is 0.449 e. The molecule has 0 aromatic heterocycles. The highest BCUT2D eigenvalue weighted by molar-refractivity contribution is 6.42. The number of fused-ring (bicyclic) bond motifs is 2. The summed E-state index contributed by atoms with van der Waals surface area (Å²) in [5.41, 5.74) is -2.60. The van der Waals surface area contributed by atoms with E-state index in [2.05, 4.69) is 22.3 Å². The number of hydrogen-bond donors (Lipinski definition) is 1. The van der Waals surface area contributed by atoms with Gasteiger partial charge in [0, 0.05) is 44.7 Å². The third-order valence-electron chi connectivity index (χ3n) is 11.8. The predicted molar refractivity (Wildman–Crippen MR) is 211 cm³/mol. The maximum atomic E-state index is 13.8. The van der Waals surface area contributed by atoms with Crippen LogP contribution in [0.25, 0.3) is 0 Å². The third kappa shape index (κ3) is 10.2. The van der Waals surface area contributed by atoms with Crippen molar-refractivity contribution in [1.82, 2.24) is 20.0 Å². The summed E-state index contributed by atoms with van der Waals surface area (Å²) in [6.45, 7) is 1.87. The summed E-state index contributed by atoms with van der Waals surface area (Å²) in [7, 11) is 3.14. The Hall–Kier alpha value is -4.09. The molecule has 0 saturated carbocycles. The van der Waals surface area contributed by atoms with Gasteiger partial charge in [-0.3, -0.25) is 9.59 Å². The normalized spacial score (nSPS) is 20.5. The van der Waals surface area contributed by atoms with E-state index in [4.69, 9.17) is 37.4 Å². The molecular formula is C42H46Cl2F6N4O6. The van der Waals surface area contributed by atoms with Crippen molar-refractivity contribution in [2.75, 3.05) is 73.2 Å². The molecule has 1 spiro atoms. The molecule has 3 aromatic rings. The minimum atomic E-state index is -5.12. The predicted octanol–water partition coefficient (Wildman–Crippen LogP) is 7.97. The van der Waals surface area contributed by atoms with E-state index in [1.54, 1.807) is 30.1 Å². The van der Waals surface area contributed by atoms with Crippen molar-refractivity contribution in [2.24, 2.45) is 0 Å². The minimum absolute atomic E-state index is 0.00697. The SMILES string of the molecule is CNC(=O)OCCCN(C)C(=O)CO[C@H]1Cc2ccccc2C12CCN(CC[C@@]1(c3ccc(Cl)c(Cl)c3)CN(C(=O)c3cc(C(F)(F)F)cc(C(F)(F)F)c3)CCO1)CC2. The van der Waals surface area contributed by atoms with E-state index in [0.717, 1.165) is 5.56 Å². The zero-order chi connectivity index (χ0) is 43.5. The van der Waals surface area contributed by atoms with Gasteiger partial charge in [-0.1, -0.05) is 53.5 Å². The Balaban J connectivity index is 1.16. The zero-order valence-electron chi connectivity index (χ0n) is 33.1. The van der Waals surface area contributed by atoms with Crippen LogP contribution in [-0.4, -0.2) is 112 Å². The van der Waals surface area contributed by atoms with Gasteiger partial charge in [-0.05, 0) is 92.2 Å². The molecular weight excluding hydrogens is 841 g/mol. The second-order valence-corrected chi connectivity index (χ2v) is 16.3. The highest BCUT2D eigenvalue weighted by Gasteiger charge is 2.50. The van der Waals surface area contributed by atoms with Crippen LogP contribution in [0.4, 0.5) is 31.1 Å². The van der Waals surface area contributed by atoms with Gasteiger partial charge >= 0.3 is 18.4 Å². The Morgan fingerprint density at radius 3 is 2.27 bits per heavy atom. The maximum Gasteiger partial charge on any atom is 0.416 e. The van der Waals surface area contributed by atoms with Crippen molar-refractivity contribution < 1.29 is 54.9 Å². The van der Waals surface area contributed by atoms with Crippen molar-refractivity contribution in [3.63, 3.8) is 0 Å². The van der Waals surface area contributed by atoms with Crippen LogP contribution < -0.4 is 5.32 Å². The van der Waals surface area contributed by atoms with Gasteiger partial charge in [0.15, 0.2) is 0 Å². The number of alkyl carbamates (subject to hydrolysis) is 1. The monoisotopic (exact) mass is 886 g/mol. The van der Waals surface area contributed by atoms with E-state index in [9.17, 15) is 40.7 Å². The van der Waals surface area contributed by atoms with Gasteiger partial charge in [0.1, 0.15) is 12.2 Å². The number of benzene rings is 3. The number of ether oxygens (including phenoxy) is 3. The molecule has 2 heterocycles. The van der Waals surface area contributed by atoms with E-state index < -0.39 is 46.6 Å². The number of nitrogens with zero attached hydrogens (tertiary/aromatic N) is 3. The quantitative estimate of drug-likeness (QED) is 0.146. The number of piperidine rings is 1. The Labute approximate surface area is 354 Å². The highest BCUT2D eigenvalue weighted by atomic mass is 35.5. The lowest BCUT2D eigenvalue weighted by atomic mass is 9.72. The summed E-state index contributed by atoms with van der Waals surface area (Å²) >= 11 is 12.7. The number of halogens is 8. The number of alkyl halides is 6. The summed E-state index contributed by atoms with van der Waals surface area (Å²) in [5, 5.41) is 2.84. The molecule has 18 heteroatoms. The van der Waals surface area contributed by atoms with Crippen molar-refractivity contribution >= 4 is 41.1 Å². The first-order valence-corrected chi connectivity index (χ1v) is 20.3. The molecule has 2 saturated heterocycles. The first-order valence-electron chi connectivity index (χ1n) is 19.5. The number of rotatable bonds is 12.